The maximum atomic E-state index is 13.0. The number of nitrogens with one attached hydrogen (secondary N) is 1. The van der Waals surface area contributed by atoms with Gasteiger partial charge in [0.1, 0.15) is 13.2 Å². The first kappa shape index (κ1) is 70.2. The van der Waals surface area contributed by atoms with Crippen LogP contribution >= 0.6 is 7.82 Å². The van der Waals surface area contributed by atoms with Crippen molar-refractivity contribution in [2.75, 3.05) is 40.9 Å². The van der Waals surface area contributed by atoms with Crippen molar-refractivity contribution in [2.45, 2.75) is 296 Å². The van der Waals surface area contributed by atoms with Crippen molar-refractivity contribution in [2.24, 2.45) is 0 Å². The molecule has 8 nitrogen and oxygen atoms in total. The summed E-state index contributed by atoms with van der Waals surface area (Å²) in [7, 11) is 1.54. The van der Waals surface area contributed by atoms with E-state index in [0.29, 0.717) is 17.4 Å². The van der Waals surface area contributed by atoms with Crippen LogP contribution in [-0.2, 0) is 18.4 Å². The van der Waals surface area contributed by atoms with Gasteiger partial charge in [0.15, 0.2) is 0 Å². The summed E-state index contributed by atoms with van der Waals surface area (Å²) in [4.78, 5) is 23.3. The van der Waals surface area contributed by atoms with Crippen molar-refractivity contribution < 1.29 is 32.9 Å². The molecule has 3 unspecified atom stereocenters. The summed E-state index contributed by atoms with van der Waals surface area (Å²) in [5.41, 5.74) is 0. The van der Waals surface area contributed by atoms with Gasteiger partial charge < -0.3 is 19.8 Å². The highest BCUT2D eigenvalue weighted by Crippen LogP contribution is 2.43. The van der Waals surface area contributed by atoms with Crippen LogP contribution in [-0.4, -0.2) is 73.4 Å². The zero-order valence-corrected chi connectivity index (χ0v) is 49.1. The number of phosphoric ester groups is 1. The van der Waals surface area contributed by atoms with Crippen molar-refractivity contribution in [3.05, 3.63) is 60.8 Å². The van der Waals surface area contributed by atoms with E-state index in [-0.39, 0.29) is 19.1 Å². The average molecular weight is 1030 g/mol. The number of phosphoric acid groups is 1. The third-order valence-electron chi connectivity index (χ3n) is 13.7. The highest BCUT2D eigenvalue weighted by molar-refractivity contribution is 7.47. The number of nitrogens with zero attached hydrogens (tertiary/aromatic N) is 1. The van der Waals surface area contributed by atoms with Gasteiger partial charge in [0, 0.05) is 6.42 Å². The van der Waals surface area contributed by atoms with Crippen LogP contribution in [0.5, 0.6) is 0 Å². The van der Waals surface area contributed by atoms with Gasteiger partial charge in [-0.15, -0.1) is 0 Å². The minimum Gasteiger partial charge on any atom is -0.387 e. The molecule has 0 saturated carbocycles. The topological polar surface area (TPSA) is 105 Å². The van der Waals surface area contributed by atoms with Gasteiger partial charge in [0.25, 0.3) is 0 Å². The number of quaternary nitrogens is 1. The number of carbonyl (C=O) groups excluding carboxylic acids is 1. The maximum Gasteiger partial charge on any atom is 0.472 e. The molecule has 0 fully saturated rings. The fourth-order valence-corrected chi connectivity index (χ4v) is 9.61. The van der Waals surface area contributed by atoms with Crippen LogP contribution in [0.2, 0.25) is 0 Å². The van der Waals surface area contributed by atoms with E-state index in [1.165, 1.54) is 212 Å². The summed E-state index contributed by atoms with van der Waals surface area (Å²) in [6.07, 6.45) is 73.5. The number of allylic oxidation sites excluding steroid dienone is 9. The molecule has 0 aromatic carbocycles. The summed E-state index contributed by atoms with van der Waals surface area (Å²) in [5.74, 6) is -0.195. The zero-order chi connectivity index (χ0) is 52.7. The molecule has 0 bridgehead atoms. The van der Waals surface area contributed by atoms with Gasteiger partial charge in [0.2, 0.25) is 5.91 Å². The molecule has 422 valence electrons. The summed E-state index contributed by atoms with van der Waals surface area (Å²) < 4.78 is 23.7. The standard InChI is InChI=1S/C63H119N2O6P/c1-6-8-10-12-14-16-18-20-22-24-26-27-28-29-30-31-32-33-34-35-36-37-39-40-42-44-46-48-50-52-54-56-62(66)61(60-71-72(68,69)70-59-58-65(3,4)5)64-63(67)57-55-53-51-49-47-45-43-41-38-25-23-21-19-17-15-13-11-9-7-2/h15,17,21,23,39-40,46,48,54,56,61-62,66H,6-14,16,18-20,22,24-38,41-45,47,49-53,55,57-60H2,1-5H3,(H-,64,67,68,69)/p+1/b17-15-,23-21-,40-39+,48-46+,56-54+. The largest absolute Gasteiger partial charge is 0.472 e. The van der Waals surface area contributed by atoms with Gasteiger partial charge in [-0.05, 0) is 77.0 Å². The van der Waals surface area contributed by atoms with E-state index in [9.17, 15) is 19.4 Å². The van der Waals surface area contributed by atoms with Crippen LogP contribution < -0.4 is 5.32 Å². The average Bonchev–Trinajstić information content (AvgIpc) is 3.34. The van der Waals surface area contributed by atoms with Crippen LogP contribution in [0.25, 0.3) is 0 Å². The molecular formula is C63H120N2O6P+. The van der Waals surface area contributed by atoms with Gasteiger partial charge in [-0.1, -0.05) is 261 Å². The number of hydrogen-bond acceptors (Lipinski definition) is 5. The van der Waals surface area contributed by atoms with E-state index in [2.05, 4.69) is 67.8 Å². The Bertz CT molecular complexity index is 1360. The van der Waals surface area contributed by atoms with Crippen molar-refractivity contribution in [1.29, 1.82) is 0 Å². The van der Waals surface area contributed by atoms with Gasteiger partial charge in [-0.3, -0.25) is 13.8 Å². The molecule has 72 heavy (non-hydrogen) atoms. The first-order valence-corrected chi connectivity index (χ1v) is 32.2. The molecular weight excluding hydrogens is 912 g/mol. The maximum absolute atomic E-state index is 13.0. The zero-order valence-electron chi connectivity index (χ0n) is 48.2. The van der Waals surface area contributed by atoms with Gasteiger partial charge in [-0.25, -0.2) is 4.57 Å². The van der Waals surface area contributed by atoms with E-state index in [0.717, 1.165) is 51.4 Å². The monoisotopic (exact) mass is 1030 g/mol. The molecule has 0 aliphatic rings. The molecule has 0 radical (unpaired) electrons. The smallest absolute Gasteiger partial charge is 0.387 e. The predicted octanol–water partition coefficient (Wildman–Crippen LogP) is 18.9. The SMILES string of the molecule is CCCCC/C=C\C/C=C\CCCCCCCCCCCC(=O)NC(COP(=O)(O)OCC[N+](C)(C)C)C(O)/C=C/CC/C=C/CC/C=C/CCCCCCCCCCCCCCCCCCCCCCC. The Balaban J connectivity index is 4.21. The lowest BCUT2D eigenvalue weighted by molar-refractivity contribution is -0.870. The van der Waals surface area contributed by atoms with Crippen LogP contribution in [0, 0.1) is 0 Å². The van der Waals surface area contributed by atoms with E-state index in [4.69, 9.17) is 9.05 Å². The van der Waals surface area contributed by atoms with Gasteiger partial charge in [-0.2, -0.15) is 0 Å². The quantitative estimate of drug-likeness (QED) is 0.0243. The Labute approximate surface area is 447 Å². The molecule has 0 spiro atoms. The molecule has 0 aliphatic carbocycles. The number of likely N-dealkylation sites (N-methyl/N-ethyl adjacent to an activating group) is 1. The Kier molecular flexibility index (Phi) is 52.7. The Morgan fingerprint density at radius 2 is 0.806 bits per heavy atom. The molecule has 1 amide bonds. The van der Waals surface area contributed by atoms with Crippen molar-refractivity contribution in [3.8, 4) is 0 Å². The Hall–Kier alpha value is -1.80. The van der Waals surface area contributed by atoms with E-state index >= 15 is 0 Å². The molecule has 0 aromatic heterocycles. The van der Waals surface area contributed by atoms with Gasteiger partial charge in [0.05, 0.1) is 39.9 Å². The molecule has 9 heteroatoms. The lowest BCUT2D eigenvalue weighted by Crippen LogP contribution is -2.45. The van der Waals surface area contributed by atoms with E-state index < -0.39 is 20.0 Å². The highest BCUT2D eigenvalue weighted by Gasteiger charge is 2.27. The predicted molar refractivity (Wildman–Crippen MR) is 314 cm³/mol. The summed E-state index contributed by atoms with van der Waals surface area (Å²) in [6.45, 7) is 4.78. The number of rotatable bonds is 56. The number of carbonyl (C=O) groups is 1. The normalized spacial score (nSPS) is 14.3. The molecule has 0 aromatic rings. The lowest BCUT2D eigenvalue weighted by Gasteiger charge is -2.25. The minimum atomic E-state index is -4.36. The Morgan fingerprint density at radius 3 is 1.22 bits per heavy atom. The highest BCUT2D eigenvalue weighted by atomic mass is 31.2. The number of unbranched alkanes of at least 4 members (excludes halogenated alkanes) is 35. The third kappa shape index (κ3) is 55.9. The molecule has 0 rings (SSSR count). The van der Waals surface area contributed by atoms with Crippen LogP contribution in [0.4, 0.5) is 0 Å². The summed E-state index contributed by atoms with van der Waals surface area (Å²) >= 11 is 0. The van der Waals surface area contributed by atoms with Crippen molar-refractivity contribution >= 4 is 13.7 Å². The molecule has 0 heterocycles. The van der Waals surface area contributed by atoms with Crippen LogP contribution in [0.1, 0.15) is 284 Å². The minimum absolute atomic E-state index is 0.0510. The number of aliphatic hydroxyl groups is 1. The number of hydrogen-bond donors (Lipinski definition) is 3. The van der Waals surface area contributed by atoms with Crippen LogP contribution in [0.3, 0.4) is 0 Å². The molecule has 0 saturated heterocycles. The second kappa shape index (κ2) is 54.0. The van der Waals surface area contributed by atoms with Crippen molar-refractivity contribution in [1.82, 2.24) is 5.32 Å². The number of aliphatic hydroxyl groups excluding tert-OH is 1. The summed E-state index contributed by atoms with van der Waals surface area (Å²) in [6, 6.07) is -0.875. The third-order valence-corrected chi connectivity index (χ3v) is 14.7. The number of amides is 1. The first-order chi connectivity index (χ1) is 35.0. The Morgan fingerprint density at radius 1 is 0.472 bits per heavy atom. The fraction of sp³-hybridized carbons (Fsp3) is 0.825. The second-order valence-corrected chi connectivity index (χ2v) is 23.5. The molecule has 3 atom stereocenters. The summed E-state index contributed by atoms with van der Waals surface area (Å²) in [5, 5.41) is 13.9. The second-order valence-electron chi connectivity index (χ2n) is 22.1. The fourth-order valence-electron chi connectivity index (χ4n) is 8.87. The lowest BCUT2D eigenvalue weighted by atomic mass is 10.0. The molecule has 0 aliphatic heterocycles. The van der Waals surface area contributed by atoms with E-state index in [1.807, 2.05) is 27.2 Å². The van der Waals surface area contributed by atoms with Crippen molar-refractivity contribution in [3.63, 3.8) is 0 Å². The first-order valence-electron chi connectivity index (χ1n) is 30.7. The molecule has 3 N–H and O–H groups in total. The van der Waals surface area contributed by atoms with Crippen LogP contribution in [0.15, 0.2) is 60.8 Å². The van der Waals surface area contributed by atoms with E-state index in [1.54, 1.807) is 6.08 Å². The van der Waals surface area contributed by atoms with Gasteiger partial charge >= 0.3 is 7.82 Å².